The van der Waals surface area contributed by atoms with Crippen molar-refractivity contribution in [1.82, 2.24) is 15.5 Å². The molecule has 0 bridgehead atoms. The van der Waals surface area contributed by atoms with Gasteiger partial charge in [0.2, 0.25) is 0 Å². The average molecular weight is 279 g/mol. The van der Waals surface area contributed by atoms with Crippen molar-refractivity contribution < 1.29 is 9.32 Å². The molecule has 0 radical (unpaired) electrons. The van der Waals surface area contributed by atoms with Crippen LogP contribution in [0.5, 0.6) is 0 Å². The van der Waals surface area contributed by atoms with Crippen molar-refractivity contribution in [2.75, 3.05) is 0 Å². The van der Waals surface area contributed by atoms with E-state index in [9.17, 15) is 4.79 Å². The van der Waals surface area contributed by atoms with E-state index in [1.807, 2.05) is 48.5 Å². The number of pyridine rings is 1. The van der Waals surface area contributed by atoms with E-state index in [0.717, 1.165) is 11.3 Å². The van der Waals surface area contributed by atoms with Crippen molar-refractivity contribution in [3.05, 3.63) is 72.2 Å². The van der Waals surface area contributed by atoms with Gasteiger partial charge in [0.1, 0.15) is 5.56 Å². The van der Waals surface area contributed by atoms with Crippen molar-refractivity contribution in [3.8, 4) is 11.3 Å². The van der Waals surface area contributed by atoms with Crippen molar-refractivity contribution in [1.29, 1.82) is 0 Å². The highest BCUT2D eigenvalue weighted by molar-refractivity contribution is 5.99. The largest absolute Gasteiger partial charge is 0.355 e. The lowest BCUT2D eigenvalue weighted by Crippen LogP contribution is -2.23. The summed E-state index contributed by atoms with van der Waals surface area (Å²) < 4.78 is 5.20. The van der Waals surface area contributed by atoms with E-state index >= 15 is 0 Å². The van der Waals surface area contributed by atoms with Crippen LogP contribution in [0.15, 0.2) is 65.4 Å². The number of benzene rings is 1. The Morgan fingerprint density at radius 2 is 1.90 bits per heavy atom. The van der Waals surface area contributed by atoms with Crippen molar-refractivity contribution >= 4 is 5.91 Å². The summed E-state index contributed by atoms with van der Waals surface area (Å²) in [5.41, 5.74) is 2.03. The normalized spacial score (nSPS) is 10.3. The first-order chi connectivity index (χ1) is 10.3. The van der Waals surface area contributed by atoms with Crippen molar-refractivity contribution in [3.63, 3.8) is 0 Å². The zero-order valence-electron chi connectivity index (χ0n) is 11.2. The maximum atomic E-state index is 12.2. The van der Waals surface area contributed by atoms with Gasteiger partial charge in [0.05, 0.1) is 18.4 Å². The van der Waals surface area contributed by atoms with E-state index < -0.39 is 0 Å². The fraction of sp³-hybridized carbons (Fsp3) is 0.0625. The zero-order chi connectivity index (χ0) is 14.5. The molecule has 2 heterocycles. The lowest BCUT2D eigenvalue weighted by Gasteiger charge is -2.04. The molecule has 3 aromatic rings. The second-order valence-corrected chi connectivity index (χ2v) is 4.44. The van der Waals surface area contributed by atoms with E-state index in [0.29, 0.717) is 17.9 Å². The van der Waals surface area contributed by atoms with Crippen LogP contribution in [0.4, 0.5) is 0 Å². The van der Waals surface area contributed by atoms with E-state index in [4.69, 9.17) is 4.52 Å². The summed E-state index contributed by atoms with van der Waals surface area (Å²) in [5.74, 6) is 0.231. The van der Waals surface area contributed by atoms with Crippen LogP contribution in [0.2, 0.25) is 0 Å². The van der Waals surface area contributed by atoms with Gasteiger partial charge in [-0.15, -0.1) is 0 Å². The summed E-state index contributed by atoms with van der Waals surface area (Å²) in [6, 6.07) is 15.0. The number of hydrogen-bond donors (Lipinski definition) is 1. The van der Waals surface area contributed by atoms with Gasteiger partial charge in [-0.05, 0) is 12.1 Å². The number of nitrogens with zero attached hydrogens (tertiary/aromatic N) is 2. The molecule has 0 unspecified atom stereocenters. The monoisotopic (exact) mass is 279 g/mol. The van der Waals surface area contributed by atoms with E-state index in [2.05, 4.69) is 15.5 Å². The Balaban J connectivity index is 1.76. The van der Waals surface area contributed by atoms with Gasteiger partial charge in [-0.1, -0.05) is 41.6 Å². The van der Waals surface area contributed by atoms with Crippen LogP contribution in [0.3, 0.4) is 0 Å². The van der Waals surface area contributed by atoms with E-state index in [1.165, 1.54) is 6.20 Å². The van der Waals surface area contributed by atoms with Crippen molar-refractivity contribution in [2.45, 2.75) is 6.54 Å². The molecule has 0 atom stereocenters. The van der Waals surface area contributed by atoms with E-state index in [-0.39, 0.29) is 5.91 Å². The summed E-state index contributed by atoms with van der Waals surface area (Å²) in [6.45, 7) is 0.360. The number of carbonyl (C=O) groups is 1. The third-order valence-electron chi connectivity index (χ3n) is 3.01. The molecule has 0 aliphatic heterocycles. The highest BCUT2D eigenvalue weighted by Crippen LogP contribution is 2.23. The third-order valence-corrected chi connectivity index (χ3v) is 3.01. The molecule has 5 heteroatoms. The predicted molar refractivity (Wildman–Crippen MR) is 77.3 cm³/mol. The number of nitrogens with one attached hydrogen (secondary N) is 1. The molecule has 2 aromatic heterocycles. The topological polar surface area (TPSA) is 68.0 Å². The number of carbonyl (C=O) groups excluding carboxylic acids is 1. The van der Waals surface area contributed by atoms with Gasteiger partial charge >= 0.3 is 0 Å². The first-order valence-corrected chi connectivity index (χ1v) is 6.53. The Morgan fingerprint density at radius 1 is 1.10 bits per heavy atom. The van der Waals surface area contributed by atoms with Gasteiger partial charge in [-0.3, -0.25) is 9.78 Å². The van der Waals surface area contributed by atoms with Gasteiger partial charge < -0.3 is 9.84 Å². The molecule has 21 heavy (non-hydrogen) atoms. The Hall–Kier alpha value is -2.95. The van der Waals surface area contributed by atoms with Crippen LogP contribution in [-0.2, 0) is 6.54 Å². The minimum absolute atomic E-state index is 0.235. The Kier molecular flexibility index (Phi) is 3.73. The molecule has 0 fully saturated rings. The first kappa shape index (κ1) is 13.1. The van der Waals surface area contributed by atoms with Crippen LogP contribution in [0.25, 0.3) is 11.3 Å². The molecular weight excluding hydrogens is 266 g/mol. The van der Waals surface area contributed by atoms with Crippen LogP contribution >= 0.6 is 0 Å². The molecule has 1 aromatic carbocycles. The van der Waals surface area contributed by atoms with Crippen LogP contribution in [0.1, 0.15) is 16.1 Å². The molecular formula is C16H13N3O2. The van der Waals surface area contributed by atoms with Crippen LogP contribution < -0.4 is 5.32 Å². The highest BCUT2D eigenvalue weighted by Gasteiger charge is 2.17. The Morgan fingerprint density at radius 3 is 2.67 bits per heavy atom. The number of aromatic nitrogens is 2. The first-order valence-electron chi connectivity index (χ1n) is 6.53. The number of rotatable bonds is 4. The molecule has 1 amide bonds. The summed E-state index contributed by atoms with van der Waals surface area (Å²) in [4.78, 5) is 16.4. The van der Waals surface area contributed by atoms with Gasteiger partial charge in [-0.2, -0.15) is 0 Å². The fourth-order valence-electron chi connectivity index (χ4n) is 1.97. The SMILES string of the molecule is O=C(NCc1ccccn1)c1cnoc1-c1ccccc1. The molecule has 0 aliphatic rings. The molecule has 0 aliphatic carbocycles. The molecule has 104 valence electrons. The smallest absolute Gasteiger partial charge is 0.257 e. The van der Waals surface area contributed by atoms with Gasteiger partial charge in [0.25, 0.3) is 5.91 Å². The fourth-order valence-corrected chi connectivity index (χ4v) is 1.97. The molecule has 0 saturated heterocycles. The maximum Gasteiger partial charge on any atom is 0.257 e. The summed E-state index contributed by atoms with van der Waals surface area (Å²) in [6.07, 6.45) is 3.12. The predicted octanol–water partition coefficient (Wildman–Crippen LogP) is 2.67. The van der Waals surface area contributed by atoms with Crippen molar-refractivity contribution in [2.24, 2.45) is 0 Å². The van der Waals surface area contributed by atoms with Crippen LogP contribution in [-0.4, -0.2) is 16.0 Å². The zero-order valence-corrected chi connectivity index (χ0v) is 11.2. The van der Waals surface area contributed by atoms with Gasteiger partial charge in [0, 0.05) is 11.8 Å². The van der Waals surface area contributed by atoms with Gasteiger partial charge in [0.15, 0.2) is 5.76 Å². The average Bonchev–Trinajstić information content (AvgIpc) is 3.04. The third kappa shape index (κ3) is 2.97. The second-order valence-electron chi connectivity index (χ2n) is 4.44. The molecule has 0 saturated carbocycles. The minimum Gasteiger partial charge on any atom is -0.355 e. The molecule has 0 spiro atoms. The van der Waals surface area contributed by atoms with Crippen LogP contribution in [0, 0.1) is 0 Å². The molecule has 3 rings (SSSR count). The minimum atomic E-state index is -0.235. The molecule has 5 nitrogen and oxygen atoms in total. The number of hydrogen-bond acceptors (Lipinski definition) is 4. The maximum absolute atomic E-state index is 12.2. The lowest BCUT2D eigenvalue weighted by atomic mass is 10.1. The Bertz CT molecular complexity index is 724. The van der Waals surface area contributed by atoms with Gasteiger partial charge in [-0.25, -0.2) is 0 Å². The summed E-state index contributed by atoms with van der Waals surface area (Å²) in [5, 5.41) is 6.53. The summed E-state index contributed by atoms with van der Waals surface area (Å²) in [7, 11) is 0. The highest BCUT2D eigenvalue weighted by atomic mass is 16.5. The quantitative estimate of drug-likeness (QED) is 0.797. The standard InChI is InChI=1S/C16H13N3O2/c20-16(18-10-13-8-4-5-9-17-13)14-11-19-21-15(14)12-6-2-1-3-7-12/h1-9,11H,10H2,(H,18,20). The lowest BCUT2D eigenvalue weighted by molar-refractivity contribution is 0.0950. The molecule has 1 N–H and O–H groups in total. The summed E-state index contributed by atoms with van der Waals surface area (Å²) >= 11 is 0. The van der Waals surface area contributed by atoms with E-state index in [1.54, 1.807) is 6.20 Å². The Labute approximate surface area is 121 Å². The second kappa shape index (κ2) is 6.00. The number of amides is 1.